The third kappa shape index (κ3) is 3.93. The highest BCUT2D eigenvalue weighted by molar-refractivity contribution is 5.80. The highest BCUT2D eigenvalue weighted by Gasteiger charge is 2.06. The molecule has 2 amide bonds. The Morgan fingerprint density at radius 3 is 2.67 bits per heavy atom. The van der Waals surface area contributed by atoms with Crippen LogP contribution in [0.3, 0.4) is 0 Å². The maximum atomic E-state index is 11.5. The van der Waals surface area contributed by atoms with Crippen molar-refractivity contribution in [3.8, 4) is 11.4 Å². The molecule has 0 saturated carbocycles. The van der Waals surface area contributed by atoms with E-state index >= 15 is 0 Å². The summed E-state index contributed by atoms with van der Waals surface area (Å²) in [5, 5.41) is 5.67. The zero-order chi connectivity index (χ0) is 16.8. The number of urea groups is 1. The summed E-state index contributed by atoms with van der Waals surface area (Å²) in [6.45, 7) is 3.35. The number of amides is 2. The van der Waals surface area contributed by atoms with Gasteiger partial charge in [0, 0.05) is 18.7 Å². The van der Waals surface area contributed by atoms with E-state index in [1.165, 1.54) is 5.56 Å². The number of H-pyrrole nitrogens is 1. The van der Waals surface area contributed by atoms with E-state index in [2.05, 4.69) is 32.7 Å². The van der Waals surface area contributed by atoms with E-state index in [4.69, 9.17) is 0 Å². The highest BCUT2D eigenvalue weighted by Crippen LogP contribution is 2.21. The Labute approximate surface area is 141 Å². The minimum Gasteiger partial charge on any atom is -0.338 e. The predicted molar refractivity (Wildman–Crippen MR) is 96.9 cm³/mol. The Kier molecular flexibility index (Phi) is 5.11. The molecule has 0 aliphatic carbocycles. The van der Waals surface area contributed by atoms with E-state index in [0.717, 1.165) is 35.3 Å². The van der Waals surface area contributed by atoms with Crippen molar-refractivity contribution in [3.63, 3.8) is 0 Å². The summed E-state index contributed by atoms with van der Waals surface area (Å²) in [5.41, 5.74) is 4.21. The van der Waals surface area contributed by atoms with Gasteiger partial charge in [-0.15, -0.1) is 0 Å². The number of rotatable bonds is 6. The molecule has 0 fully saturated rings. The third-order valence-electron chi connectivity index (χ3n) is 3.83. The lowest BCUT2D eigenvalue weighted by atomic mass is 10.1. The Balaban J connectivity index is 1.65. The van der Waals surface area contributed by atoms with E-state index in [0.29, 0.717) is 13.1 Å². The van der Waals surface area contributed by atoms with Gasteiger partial charge in [-0.2, -0.15) is 0 Å². The van der Waals surface area contributed by atoms with Gasteiger partial charge in [0.15, 0.2) is 0 Å². The van der Waals surface area contributed by atoms with Crippen LogP contribution in [0.5, 0.6) is 0 Å². The molecule has 3 rings (SSSR count). The van der Waals surface area contributed by atoms with Crippen LogP contribution in [0.2, 0.25) is 0 Å². The number of hydrogen-bond donors (Lipinski definition) is 3. The number of nitrogens with zero attached hydrogens (tertiary/aromatic N) is 1. The van der Waals surface area contributed by atoms with Crippen LogP contribution < -0.4 is 10.6 Å². The van der Waals surface area contributed by atoms with Crippen LogP contribution in [0.15, 0.2) is 48.5 Å². The van der Waals surface area contributed by atoms with Crippen LogP contribution in [-0.2, 0) is 6.42 Å². The summed E-state index contributed by atoms with van der Waals surface area (Å²) in [6, 6.07) is 16.1. The molecular formula is C19H22N4O. The maximum absolute atomic E-state index is 11.5. The minimum atomic E-state index is -0.106. The van der Waals surface area contributed by atoms with Gasteiger partial charge in [0.05, 0.1) is 11.0 Å². The zero-order valence-corrected chi connectivity index (χ0v) is 13.8. The quantitative estimate of drug-likeness (QED) is 0.650. The van der Waals surface area contributed by atoms with Crippen molar-refractivity contribution < 1.29 is 4.79 Å². The van der Waals surface area contributed by atoms with E-state index in [1.807, 2.05) is 43.3 Å². The Morgan fingerprint density at radius 2 is 1.88 bits per heavy atom. The van der Waals surface area contributed by atoms with Crippen molar-refractivity contribution in [2.45, 2.75) is 19.8 Å². The van der Waals surface area contributed by atoms with E-state index in [1.54, 1.807) is 0 Å². The fourth-order valence-corrected chi connectivity index (χ4v) is 2.57. The predicted octanol–water partition coefficient (Wildman–Crippen LogP) is 3.48. The molecule has 0 unspecified atom stereocenters. The summed E-state index contributed by atoms with van der Waals surface area (Å²) in [5.74, 6) is 0.875. The molecule has 0 aliphatic heterocycles. The van der Waals surface area contributed by atoms with Crippen molar-refractivity contribution in [1.29, 1.82) is 0 Å². The second kappa shape index (κ2) is 7.64. The van der Waals surface area contributed by atoms with Crippen molar-refractivity contribution in [1.82, 2.24) is 20.6 Å². The first-order chi connectivity index (χ1) is 11.8. The molecule has 5 nitrogen and oxygen atoms in total. The smallest absolute Gasteiger partial charge is 0.314 e. The second-order valence-electron chi connectivity index (χ2n) is 5.74. The van der Waals surface area contributed by atoms with Crippen LogP contribution in [-0.4, -0.2) is 29.1 Å². The standard InChI is InChI=1S/C19H22N4O/c1-2-11-20-19(24)21-12-10-14-8-9-16-17(13-14)23-18(22-16)15-6-4-3-5-7-15/h3-9,13H,2,10-12H2,1H3,(H,22,23)(H2,20,21,24). The van der Waals surface area contributed by atoms with Crippen LogP contribution in [0.25, 0.3) is 22.4 Å². The molecule has 0 spiro atoms. The fraction of sp³-hybridized carbons (Fsp3) is 0.263. The number of aromatic nitrogens is 2. The average Bonchev–Trinajstić information content (AvgIpc) is 3.04. The van der Waals surface area contributed by atoms with Crippen LogP contribution >= 0.6 is 0 Å². The third-order valence-corrected chi connectivity index (χ3v) is 3.83. The lowest BCUT2D eigenvalue weighted by Crippen LogP contribution is -2.36. The number of imidazole rings is 1. The number of aromatic amines is 1. The van der Waals surface area contributed by atoms with Gasteiger partial charge in [-0.25, -0.2) is 9.78 Å². The molecule has 1 aromatic heterocycles. The van der Waals surface area contributed by atoms with Gasteiger partial charge in [-0.05, 0) is 30.5 Å². The topological polar surface area (TPSA) is 69.8 Å². The molecule has 0 atom stereocenters. The van der Waals surface area contributed by atoms with Gasteiger partial charge in [0.2, 0.25) is 0 Å². The lowest BCUT2D eigenvalue weighted by molar-refractivity contribution is 0.241. The summed E-state index contributed by atoms with van der Waals surface area (Å²) < 4.78 is 0. The van der Waals surface area contributed by atoms with E-state index < -0.39 is 0 Å². The van der Waals surface area contributed by atoms with Crippen LogP contribution in [0, 0.1) is 0 Å². The summed E-state index contributed by atoms with van der Waals surface area (Å²) in [7, 11) is 0. The van der Waals surface area contributed by atoms with Crippen molar-refractivity contribution in [2.75, 3.05) is 13.1 Å². The number of carbonyl (C=O) groups is 1. The molecule has 24 heavy (non-hydrogen) atoms. The van der Waals surface area contributed by atoms with E-state index in [9.17, 15) is 4.79 Å². The summed E-state index contributed by atoms with van der Waals surface area (Å²) in [4.78, 5) is 19.5. The molecule has 5 heteroatoms. The first-order valence-corrected chi connectivity index (χ1v) is 8.32. The SMILES string of the molecule is CCCNC(=O)NCCc1ccc2nc(-c3ccccc3)[nH]c2c1. The minimum absolute atomic E-state index is 0.106. The monoisotopic (exact) mass is 322 g/mol. The van der Waals surface area contributed by atoms with Crippen molar-refractivity contribution in [2.24, 2.45) is 0 Å². The highest BCUT2D eigenvalue weighted by atomic mass is 16.2. The van der Waals surface area contributed by atoms with Crippen molar-refractivity contribution >= 4 is 17.1 Å². The number of nitrogens with one attached hydrogen (secondary N) is 3. The number of hydrogen-bond acceptors (Lipinski definition) is 2. The van der Waals surface area contributed by atoms with Gasteiger partial charge in [0.1, 0.15) is 5.82 Å². The Bertz CT molecular complexity index is 811. The Hall–Kier alpha value is -2.82. The first kappa shape index (κ1) is 16.1. The molecular weight excluding hydrogens is 300 g/mol. The summed E-state index contributed by atoms with van der Waals surface area (Å²) >= 11 is 0. The largest absolute Gasteiger partial charge is 0.338 e. The molecule has 3 aromatic rings. The second-order valence-corrected chi connectivity index (χ2v) is 5.74. The van der Waals surface area contributed by atoms with Crippen LogP contribution in [0.4, 0.5) is 4.79 Å². The molecule has 124 valence electrons. The van der Waals surface area contributed by atoms with Gasteiger partial charge >= 0.3 is 6.03 Å². The molecule has 0 radical (unpaired) electrons. The Morgan fingerprint density at radius 1 is 1.08 bits per heavy atom. The van der Waals surface area contributed by atoms with Gasteiger partial charge in [0.25, 0.3) is 0 Å². The fourth-order valence-electron chi connectivity index (χ4n) is 2.57. The van der Waals surface area contributed by atoms with Gasteiger partial charge < -0.3 is 15.6 Å². The lowest BCUT2D eigenvalue weighted by Gasteiger charge is -2.06. The number of carbonyl (C=O) groups excluding carboxylic acids is 1. The molecule has 0 bridgehead atoms. The number of fused-ring (bicyclic) bond motifs is 1. The molecule has 0 saturated heterocycles. The van der Waals surface area contributed by atoms with E-state index in [-0.39, 0.29) is 6.03 Å². The number of benzene rings is 2. The molecule has 3 N–H and O–H groups in total. The summed E-state index contributed by atoms with van der Waals surface area (Å²) in [6.07, 6.45) is 1.73. The van der Waals surface area contributed by atoms with Crippen LogP contribution in [0.1, 0.15) is 18.9 Å². The van der Waals surface area contributed by atoms with Gasteiger partial charge in [-0.3, -0.25) is 0 Å². The van der Waals surface area contributed by atoms with Crippen molar-refractivity contribution in [3.05, 3.63) is 54.1 Å². The normalized spacial score (nSPS) is 10.7. The average molecular weight is 322 g/mol. The first-order valence-electron chi connectivity index (χ1n) is 8.32. The molecule has 1 heterocycles. The molecule has 0 aliphatic rings. The maximum Gasteiger partial charge on any atom is 0.314 e. The molecule has 2 aromatic carbocycles. The zero-order valence-electron chi connectivity index (χ0n) is 13.8. The van der Waals surface area contributed by atoms with Gasteiger partial charge in [-0.1, -0.05) is 43.3 Å².